The zero-order valence-corrected chi connectivity index (χ0v) is 22.9. The average Bonchev–Trinajstić information content (AvgIpc) is 2.66. The molecule has 0 aromatic heterocycles. The molecule has 0 aliphatic carbocycles. The van der Waals surface area contributed by atoms with Gasteiger partial charge < -0.3 is 0 Å². The van der Waals surface area contributed by atoms with Gasteiger partial charge in [0.25, 0.3) is 0 Å². The highest BCUT2D eigenvalue weighted by molar-refractivity contribution is 9.10. The van der Waals surface area contributed by atoms with E-state index in [0.29, 0.717) is 8.95 Å². The van der Waals surface area contributed by atoms with Gasteiger partial charge in [0.05, 0.1) is 9.79 Å². The van der Waals surface area contributed by atoms with E-state index in [4.69, 9.17) is 0 Å². The van der Waals surface area contributed by atoms with E-state index in [1.807, 2.05) is 27.7 Å². The van der Waals surface area contributed by atoms with Crippen LogP contribution >= 0.6 is 31.9 Å². The van der Waals surface area contributed by atoms with Crippen molar-refractivity contribution in [3.05, 3.63) is 55.5 Å². The lowest BCUT2D eigenvalue weighted by molar-refractivity contribution is 0.212. The number of nitrogens with zero attached hydrogens (tertiary/aromatic N) is 2. The highest BCUT2D eigenvalue weighted by atomic mass is 79.9. The fourth-order valence-corrected chi connectivity index (χ4v) is 9.19. The first-order chi connectivity index (χ1) is 14.3. The SMILES string of the molecule is Cc1cc(Br)c(S(=O)(=O)N2CCN(S(=O)(=O)c3cc(C)c(C)cc3Br)[C@@H](C)C2)cc1C. The number of hydrogen-bond donors (Lipinski definition) is 0. The third-order valence-electron chi connectivity index (χ3n) is 5.83. The summed E-state index contributed by atoms with van der Waals surface area (Å²) in [5.74, 6) is 0. The molecule has 0 saturated carbocycles. The van der Waals surface area contributed by atoms with Crippen LogP contribution in [0.3, 0.4) is 0 Å². The molecule has 1 heterocycles. The summed E-state index contributed by atoms with van der Waals surface area (Å²) in [4.78, 5) is 0.409. The Morgan fingerprint density at radius 2 is 1.16 bits per heavy atom. The van der Waals surface area contributed by atoms with Crippen molar-refractivity contribution in [3.8, 4) is 0 Å². The van der Waals surface area contributed by atoms with Crippen LogP contribution in [0.15, 0.2) is 43.0 Å². The summed E-state index contributed by atoms with van der Waals surface area (Å²) in [6, 6.07) is 6.41. The standard InChI is InChI=1S/C21H26Br2N2O4S2/c1-13-8-18(22)20(10-15(13)3)30(26,27)24-6-7-25(17(5)12-24)31(28,29)21-11-16(4)14(2)9-19(21)23/h8-11,17H,6-7,12H2,1-5H3/t17-/m0/s1. The average molecular weight is 594 g/mol. The first-order valence-corrected chi connectivity index (χ1v) is 14.3. The minimum Gasteiger partial charge on any atom is -0.207 e. The van der Waals surface area contributed by atoms with Gasteiger partial charge in [-0.2, -0.15) is 8.61 Å². The van der Waals surface area contributed by atoms with Gasteiger partial charge in [-0.15, -0.1) is 0 Å². The van der Waals surface area contributed by atoms with Crippen LogP contribution in [-0.4, -0.2) is 51.1 Å². The molecule has 0 N–H and O–H groups in total. The van der Waals surface area contributed by atoms with Crippen LogP contribution in [-0.2, 0) is 20.0 Å². The lowest BCUT2D eigenvalue weighted by atomic mass is 10.1. The number of aryl methyl sites for hydroxylation is 4. The van der Waals surface area contributed by atoms with Gasteiger partial charge in [-0.1, -0.05) is 0 Å². The fourth-order valence-electron chi connectivity index (χ4n) is 3.65. The molecular weight excluding hydrogens is 568 g/mol. The summed E-state index contributed by atoms with van der Waals surface area (Å²) in [7, 11) is -7.54. The predicted octanol–water partition coefficient (Wildman–Crippen LogP) is 4.53. The predicted molar refractivity (Wildman–Crippen MR) is 129 cm³/mol. The van der Waals surface area contributed by atoms with Crippen molar-refractivity contribution in [1.82, 2.24) is 8.61 Å². The molecule has 1 saturated heterocycles. The first-order valence-electron chi connectivity index (χ1n) is 9.82. The molecule has 1 fully saturated rings. The molecule has 1 aliphatic heterocycles. The van der Waals surface area contributed by atoms with Crippen molar-refractivity contribution in [2.45, 2.75) is 50.5 Å². The number of halogens is 2. The quantitative estimate of drug-likeness (QED) is 0.522. The van der Waals surface area contributed by atoms with Gasteiger partial charge >= 0.3 is 0 Å². The highest BCUT2D eigenvalue weighted by Crippen LogP contribution is 2.33. The molecule has 2 aromatic carbocycles. The van der Waals surface area contributed by atoms with Crippen molar-refractivity contribution in [2.24, 2.45) is 0 Å². The Morgan fingerprint density at radius 1 is 0.742 bits per heavy atom. The van der Waals surface area contributed by atoms with E-state index in [2.05, 4.69) is 31.9 Å². The van der Waals surface area contributed by atoms with Gasteiger partial charge in [-0.3, -0.25) is 0 Å². The molecule has 170 valence electrons. The molecule has 0 bridgehead atoms. The Hall–Kier alpha value is -0.780. The van der Waals surface area contributed by atoms with E-state index in [1.165, 1.54) is 8.61 Å². The normalized spacial score (nSPS) is 19.0. The van der Waals surface area contributed by atoms with Crippen LogP contribution in [0.1, 0.15) is 29.2 Å². The van der Waals surface area contributed by atoms with Crippen molar-refractivity contribution in [2.75, 3.05) is 19.6 Å². The molecule has 0 radical (unpaired) electrons. The van der Waals surface area contributed by atoms with E-state index < -0.39 is 26.1 Å². The second-order valence-corrected chi connectivity index (χ2v) is 13.5. The van der Waals surface area contributed by atoms with Crippen molar-refractivity contribution >= 4 is 51.9 Å². The van der Waals surface area contributed by atoms with Gasteiger partial charge in [0, 0.05) is 34.6 Å². The Balaban J connectivity index is 1.90. The van der Waals surface area contributed by atoms with Crippen molar-refractivity contribution < 1.29 is 16.8 Å². The van der Waals surface area contributed by atoms with Gasteiger partial charge in [-0.25, -0.2) is 16.8 Å². The van der Waals surface area contributed by atoms with Crippen LogP contribution in [0.25, 0.3) is 0 Å². The third-order valence-corrected chi connectivity index (χ3v) is 11.6. The van der Waals surface area contributed by atoms with E-state index in [0.717, 1.165) is 22.3 Å². The molecule has 3 rings (SSSR count). The summed E-state index contributed by atoms with van der Waals surface area (Å²) >= 11 is 6.76. The summed E-state index contributed by atoms with van der Waals surface area (Å²) in [6.07, 6.45) is 0. The van der Waals surface area contributed by atoms with Gasteiger partial charge in [0.15, 0.2) is 0 Å². The number of hydrogen-bond acceptors (Lipinski definition) is 4. The minimum absolute atomic E-state index is 0.0867. The first kappa shape index (κ1) is 24.9. The summed E-state index contributed by atoms with van der Waals surface area (Å²) in [6.45, 7) is 9.59. The van der Waals surface area contributed by atoms with Crippen LogP contribution in [0.5, 0.6) is 0 Å². The molecule has 10 heteroatoms. The Bertz CT molecular complexity index is 1240. The van der Waals surface area contributed by atoms with E-state index in [1.54, 1.807) is 31.2 Å². The fraction of sp³-hybridized carbons (Fsp3) is 0.429. The number of rotatable bonds is 4. The Labute approximate surface area is 202 Å². The Morgan fingerprint density at radius 3 is 1.61 bits per heavy atom. The number of piperazine rings is 1. The van der Waals surface area contributed by atoms with Crippen molar-refractivity contribution in [1.29, 1.82) is 0 Å². The highest BCUT2D eigenvalue weighted by Gasteiger charge is 2.39. The molecular formula is C21H26Br2N2O4S2. The molecule has 0 amide bonds. The maximum absolute atomic E-state index is 13.4. The zero-order chi connectivity index (χ0) is 23.3. The smallest absolute Gasteiger partial charge is 0.207 e. The molecule has 1 aliphatic rings. The van der Waals surface area contributed by atoms with Crippen LogP contribution in [0.4, 0.5) is 0 Å². The molecule has 6 nitrogen and oxygen atoms in total. The zero-order valence-electron chi connectivity index (χ0n) is 18.1. The topological polar surface area (TPSA) is 74.8 Å². The second-order valence-electron chi connectivity index (χ2n) is 8.06. The molecule has 2 aromatic rings. The summed E-state index contributed by atoms with van der Waals surface area (Å²) in [5, 5.41) is 0. The van der Waals surface area contributed by atoms with Gasteiger partial charge in [0.1, 0.15) is 0 Å². The molecule has 0 spiro atoms. The minimum atomic E-state index is -3.78. The monoisotopic (exact) mass is 592 g/mol. The lowest BCUT2D eigenvalue weighted by Crippen LogP contribution is -2.55. The van der Waals surface area contributed by atoms with Crippen molar-refractivity contribution in [3.63, 3.8) is 0 Å². The second kappa shape index (κ2) is 8.87. The molecule has 1 atom stereocenters. The molecule has 0 unspecified atom stereocenters. The summed E-state index contributed by atoms with van der Waals surface area (Å²) in [5.41, 5.74) is 3.76. The largest absolute Gasteiger partial charge is 0.244 e. The van der Waals surface area contributed by atoms with Crippen LogP contribution < -0.4 is 0 Å². The molecule has 31 heavy (non-hydrogen) atoms. The van der Waals surface area contributed by atoms with Crippen LogP contribution in [0, 0.1) is 27.7 Å². The summed E-state index contributed by atoms with van der Waals surface area (Å²) < 4.78 is 57.1. The lowest BCUT2D eigenvalue weighted by Gasteiger charge is -2.38. The van der Waals surface area contributed by atoms with E-state index in [-0.39, 0.29) is 29.4 Å². The Kier molecular flexibility index (Phi) is 7.11. The number of sulfonamides is 2. The third kappa shape index (κ3) is 4.65. The van der Waals surface area contributed by atoms with Gasteiger partial charge in [-0.05, 0) is 113 Å². The maximum Gasteiger partial charge on any atom is 0.244 e. The van der Waals surface area contributed by atoms with Gasteiger partial charge in [0.2, 0.25) is 20.0 Å². The van der Waals surface area contributed by atoms with Crippen LogP contribution in [0.2, 0.25) is 0 Å². The van der Waals surface area contributed by atoms with E-state index in [9.17, 15) is 16.8 Å². The van der Waals surface area contributed by atoms with E-state index >= 15 is 0 Å². The number of benzene rings is 2. The maximum atomic E-state index is 13.4.